The monoisotopic (exact) mass is 341 g/mol. The van der Waals surface area contributed by atoms with Crippen molar-refractivity contribution >= 4 is 22.5 Å². The minimum atomic E-state index is 0.485. The molecule has 0 fully saturated rings. The largest absolute Gasteiger partial charge is 0.488 e. The second kappa shape index (κ2) is 6.88. The van der Waals surface area contributed by atoms with E-state index >= 15 is 0 Å². The van der Waals surface area contributed by atoms with Crippen molar-refractivity contribution in [1.82, 2.24) is 4.98 Å². The summed E-state index contributed by atoms with van der Waals surface area (Å²) in [5.74, 6) is 0.940. The SMILES string of the molecule is Clc1ccc2[nH]c3c(c2c1)CCCC3[NH2+]CCOc1ccccc1. The van der Waals surface area contributed by atoms with Gasteiger partial charge in [-0.1, -0.05) is 29.8 Å². The minimum Gasteiger partial charge on any atom is -0.488 e. The van der Waals surface area contributed by atoms with Crippen molar-refractivity contribution in [1.29, 1.82) is 0 Å². The average molecular weight is 342 g/mol. The molecule has 3 aromatic rings. The highest BCUT2D eigenvalue weighted by Crippen LogP contribution is 2.34. The van der Waals surface area contributed by atoms with Crippen molar-refractivity contribution < 1.29 is 10.1 Å². The van der Waals surface area contributed by atoms with Gasteiger partial charge in [-0.3, -0.25) is 0 Å². The van der Waals surface area contributed by atoms with Gasteiger partial charge in [0.25, 0.3) is 0 Å². The predicted octanol–water partition coefficient (Wildman–Crippen LogP) is 3.84. The zero-order valence-electron chi connectivity index (χ0n) is 13.6. The van der Waals surface area contributed by atoms with Crippen LogP contribution in [0.2, 0.25) is 5.02 Å². The fourth-order valence-electron chi connectivity index (χ4n) is 3.67. The molecule has 1 atom stereocenters. The molecule has 0 saturated carbocycles. The van der Waals surface area contributed by atoms with E-state index < -0.39 is 0 Å². The summed E-state index contributed by atoms with van der Waals surface area (Å²) < 4.78 is 5.80. The molecule has 4 heteroatoms. The number of nitrogens with two attached hydrogens (primary N) is 1. The lowest BCUT2D eigenvalue weighted by Gasteiger charge is -2.21. The zero-order chi connectivity index (χ0) is 16.4. The Morgan fingerprint density at radius 3 is 2.92 bits per heavy atom. The molecule has 0 amide bonds. The number of H-pyrrole nitrogens is 1. The van der Waals surface area contributed by atoms with Crippen LogP contribution in [0.5, 0.6) is 5.75 Å². The summed E-state index contributed by atoms with van der Waals surface area (Å²) in [5, 5.41) is 4.50. The standard InChI is InChI=1S/C20H21ClN2O/c21-14-9-10-18-17(13-14)16-7-4-8-19(20(16)23-18)22-11-12-24-15-5-2-1-3-6-15/h1-3,5-6,9-10,13,19,22-23H,4,7-8,11-12H2/p+1. The van der Waals surface area contributed by atoms with E-state index in [0.29, 0.717) is 6.04 Å². The van der Waals surface area contributed by atoms with Gasteiger partial charge in [-0.05, 0) is 48.7 Å². The summed E-state index contributed by atoms with van der Waals surface area (Å²) >= 11 is 6.18. The van der Waals surface area contributed by atoms with Gasteiger partial charge in [-0.15, -0.1) is 0 Å². The molecule has 0 saturated heterocycles. The van der Waals surface area contributed by atoms with Gasteiger partial charge < -0.3 is 15.0 Å². The van der Waals surface area contributed by atoms with Crippen molar-refractivity contribution in [2.24, 2.45) is 0 Å². The third kappa shape index (κ3) is 3.14. The maximum Gasteiger partial charge on any atom is 0.137 e. The lowest BCUT2D eigenvalue weighted by atomic mass is 9.92. The summed E-state index contributed by atoms with van der Waals surface area (Å²) in [4.78, 5) is 3.62. The van der Waals surface area contributed by atoms with Gasteiger partial charge in [0.1, 0.15) is 24.9 Å². The van der Waals surface area contributed by atoms with Gasteiger partial charge in [0.05, 0.1) is 5.69 Å². The molecule has 1 unspecified atom stereocenters. The van der Waals surface area contributed by atoms with Crippen LogP contribution in [0.3, 0.4) is 0 Å². The number of ether oxygens (including phenoxy) is 1. The number of aromatic amines is 1. The molecule has 1 heterocycles. The van der Waals surface area contributed by atoms with Crippen molar-refractivity contribution in [3.8, 4) is 5.75 Å². The summed E-state index contributed by atoms with van der Waals surface area (Å²) in [6.07, 6.45) is 3.58. The van der Waals surface area contributed by atoms with E-state index in [0.717, 1.165) is 30.3 Å². The van der Waals surface area contributed by atoms with Crippen LogP contribution in [0.15, 0.2) is 48.5 Å². The van der Waals surface area contributed by atoms with Crippen molar-refractivity contribution in [2.75, 3.05) is 13.2 Å². The second-order valence-corrected chi connectivity index (χ2v) is 6.83. The molecule has 0 spiro atoms. The van der Waals surface area contributed by atoms with Crippen molar-refractivity contribution in [3.05, 3.63) is 64.8 Å². The van der Waals surface area contributed by atoms with E-state index in [4.69, 9.17) is 16.3 Å². The number of halogens is 1. The number of quaternary nitrogens is 1. The molecule has 2 aromatic carbocycles. The number of aromatic nitrogens is 1. The van der Waals surface area contributed by atoms with Crippen LogP contribution in [0.1, 0.15) is 30.1 Å². The number of aryl methyl sites for hydroxylation is 1. The van der Waals surface area contributed by atoms with Gasteiger partial charge in [0, 0.05) is 22.3 Å². The van der Waals surface area contributed by atoms with Gasteiger partial charge in [0.2, 0.25) is 0 Å². The number of rotatable bonds is 5. The molecule has 0 radical (unpaired) electrons. The Morgan fingerprint density at radius 1 is 1.17 bits per heavy atom. The molecule has 124 valence electrons. The Bertz CT molecular complexity index is 828. The molecular weight excluding hydrogens is 320 g/mol. The Kier molecular flexibility index (Phi) is 4.46. The zero-order valence-corrected chi connectivity index (χ0v) is 14.4. The first-order chi connectivity index (χ1) is 11.8. The van der Waals surface area contributed by atoms with Crippen LogP contribution in [-0.4, -0.2) is 18.1 Å². The van der Waals surface area contributed by atoms with Crippen LogP contribution < -0.4 is 10.1 Å². The number of fused-ring (bicyclic) bond motifs is 3. The molecule has 1 aliphatic carbocycles. The Hall–Kier alpha value is -1.97. The molecule has 0 aliphatic heterocycles. The van der Waals surface area contributed by atoms with Crippen LogP contribution in [0, 0.1) is 0 Å². The topological polar surface area (TPSA) is 41.6 Å². The molecule has 3 nitrogen and oxygen atoms in total. The highest BCUT2D eigenvalue weighted by molar-refractivity contribution is 6.31. The van der Waals surface area contributed by atoms with E-state index in [2.05, 4.69) is 22.4 Å². The highest BCUT2D eigenvalue weighted by atomic mass is 35.5. The first-order valence-corrected chi connectivity index (χ1v) is 9.00. The van der Waals surface area contributed by atoms with Gasteiger partial charge >= 0.3 is 0 Å². The second-order valence-electron chi connectivity index (χ2n) is 6.39. The third-order valence-electron chi connectivity index (χ3n) is 4.79. The summed E-state index contributed by atoms with van der Waals surface area (Å²) in [7, 11) is 0. The molecule has 1 aromatic heterocycles. The van der Waals surface area contributed by atoms with E-state index in [9.17, 15) is 0 Å². The maximum absolute atomic E-state index is 6.18. The van der Waals surface area contributed by atoms with Gasteiger partial charge in [-0.25, -0.2) is 0 Å². The Morgan fingerprint density at radius 2 is 2.04 bits per heavy atom. The molecular formula is C20H22ClN2O+. The molecule has 0 bridgehead atoms. The first kappa shape index (κ1) is 15.6. The van der Waals surface area contributed by atoms with Crippen LogP contribution in [-0.2, 0) is 6.42 Å². The number of hydrogen-bond acceptors (Lipinski definition) is 1. The molecule has 24 heavy (non-hydrogen) atoms. The lowest BCUT2D eigenvalue weighted by Crippen LogP contribution is -2.86. The Labute approximate surface area is 147 Å². The predicted molar refractivity (Wildman–Crippen MR) is 97.7 cm³/mol. The summed E-state index contributed by atoms with van der Waals surface area (Å²) in [6, 6.07) is 16.6. The van der Waals surface area contributed by atoms with E-state index in [-0.39, 0.29) is 0 Å². The van der Waals surface area contributed by atoms with E-state index in [1.165, 1.54) is 35.0 Å². The molecule has 3 N–H and O–H groups in total. The fraction of sp³-hybridized carbons (Fsp3) is 0.300. The average Bonchev–Trinajstić information content (AvgIpc) is 2.98. The normalized spacial score (nSPS) is 17.0. The van der Waals surface area contributed by atoms with Gasteiger partial charge in [0.15, 0.2) is 0 Å². The van der Waals surface area contributed by atoms with Crippen LogP contribution in [0.25, 0.3) is 10.9 Å². The Balaban J connectivity index is 1.43. The third-order valence-corrected chi connectivity index (χ3v) is 5.03. The summed E-state index contributed by atoms with van der Waals surface area (Å²) in [6.45, 7) is 1.68. The minimum absolute atomic E-state index is 0.485. The number of para-hydroxylation sites is 1. The number of nitrogens with one attached hydrogen (secondary N) is 1. The maximum atomic E-state index is 6.18. The quantitative estimate of drug-likeness (QED) is 0.680. The van der Waals surface area contributed by atoms with Crippen LogP contribution in [0.4, 0.5) is 0 Å². The number of benzene rings is 2. The summed E-state index contributed by atoms with van der Waals surface area (Å²) in [5.41, 5.74) is 4.02. The van der Waals surface area contributed by atoms with Crippen molar-refractivity contribution in [3.63, 3.8) is 0 Å². The molecule has 4 rings (SSSR count). The fourth-order valence-corrected chi connectivity index (χ4v) is 3.84. The van der Waals surface area contributed by atoms with E-state index in [1.807, 2.05) is 36.4 Å². The van der Waals surface area contributed by atoms with Gasteiger partial charge in [-0.2, -0.15) is 0 Å². The first-order valence-electron chi connectivity index (χ1n) is 8.62. The highest BCUT2D eigenvalue weighted by Gasteiger charge is 2.26. The number of hydrogen-bond donors (Lipinski definition) is 2. The lowest BCUT2D eigenvalue weighted by molar-refractivity contribution is -0.698. The smallest absolute Gasteiger partial charge is 0.137 e. The van der Waals surface area contributed by atoms with Crippen molar-refractivity contribution in [2.45, 2.75) is 25.3 Å². The van der Waals surface area contributed by atoms with Crippen LogP contribution >= 0.6 is 11.6 Å². The van der Waals surface area contributed by atoms with E-state index in [1.54, 1.807) is 0 Å². The molecule has 1 aliphatic rings.